The van der Waals surface area contributed by atoms with E-state index in [1.54, 1.807) is 18.1 Å². The zero-order valence-corrected chi connectivity index (χ0v) is 11.9. The van der Waals surface area contributed by atoms with Gasteiger partial charge in [-0.3, -0.25) is 9.69 Å². The predicted octanol–water partition coefficient (Wildman–Crippen LogP) is 2.76. The van der Waals surface area contributed by atoms with Crippen LogP contribution in [0.4, 0.5) is 11.4 Å². The minimum atomic E-state index is -0.892. The SMILES string of the molecule is COc1ccc(C23C=C(O)C(=O)N2c2ccccc2N3)cc1. The number of nitrogens with zero attached hydrogens (tertiary/aromatic N) is 1. The number of aliphatic hydroxyl groups excluding tert-OH is 1. The Kier molecular flexibility index (Phi) is 2.48. The van der Waals surface area contributed by atoms with Crippen LogP contribution in [0, 0.1) is 0 Å². The third-order valence-electron chi connectivity index (χ3n) is 4.12. The van der Waals surface area contributed by atoms with Gasteiger partial charge >= 0.3 is 0 Å². The first-order chi connectivity index (χ1) is 10.7. The largest absolute Gasteiger partial charge is 0.503 e. The summed E-state index contributed by atoms with van der Waals surface area (Å²) in [6.07, 6.45) is 1.55. The molecule has 2 aliphatic heterocycles. The third-order valence-corrected chi connectivity index (χ3v) is 4.12. The lowest BCUT2D eigenvalue weighted by atomic mass is 10.00. The molecule has 2 aromatic rings. The topological polar surface area (TPSA) is 61.8 Å². The van der Waals surface area contributed by atoms with Crippen molar-refractivity contribution in [3.8, 4) is 5.75 Å². The molecule has 2 aromatic carbocycles. The Labute approximate surface area is 127 Å². The van der Waals surface area contributed by atoms with Crippen molar-refractivity contribution in [3.05, 3.63) is 65.9 Å². The number of carbonyl (C=O) groups excluding carboxylic acids is 1. The number of fused-ring (bicyclic) bond motifs is 3. The minimum Gasteiger partial charge on any atom is -0.503 e. The zero-order valence-electron chi connectivity index (χ0n) is 11.9. The van der Waals surface area contributed by atoms with Crippen LogP contribution in [0.2, 0.25) is 0 Å². The number of hydrogen-bond acceptors (Lipinski definition) is 4. The van der Waals surface area contributed by atoms with E-state index >= 15 is 0 Å². The van der Waals surface area contributed by atoms with Crippen LogP contribution >= 0.6 is 0 Å². The fraction of sp³-hybridized carbons (Fsp3) is 0.118. The maximum Gasteiger partial charge on any atom is 0.295 e. The highest BCUT2D eigenvalue weighted by molar-refractivity contribution is 6.13. The fourth-order valence-corrected chi connectivity index (χ4v) is 3.10. The quantitative estimate of drug-likeness (QED) is 0.894. The highest BCUT2D eigenvalue weighted by Crippen LogP contribution is 2.49. The van der Waals surface area contributed by atoms with Crippen LogP contribution in [0.1, 0.15) is 5.56 Å². The molecule has 5 nitrogen and oxygen atoms in total. The van der Waals surface area contributed by atoms with Crippen LogP contribution in [0.25, 0.3) is 0 Å². The Morgan fingerprint density at radius 2 is 1.86 bits per heavy atom. The molecule has 110 valence electrons. The third kappa shape index (κ3) is 1.50. The molecule has 0 fully saturated rings. The molecule has 5 heteroatoms. The summed E-state index contributed by atoms with van der Waals surface area (Å²) < 4.78 is 5.18. The molecule has 1 amide bonds. The zero-order chi connectivity index (χ0) is 15.3. The van der Waals surface area contributed by atoms with Gasteiger partial charge < -0.3 is 15.2 Å². The standard InChI is InChI=1S/C17H14N2O3/c1-22-12-8-6-11(7-9-12)17-10-15(20)16(21)19(17)14-5-3-2-4-13(14)18-17/h2-10,18,20H,1H3. The molecular formula is C17H14N2O3. The molecule has 0 bridgehead atoms. The van der Waals surface area contributed by atoms with Gasteiger partial charge in [0.2, 0.25) is 0 Å². The number of rotatable bonds is 2. The van der Waals surface area contributed by atoms with Crippen LogP contribution in [0.3, 0.4) is 0 Å². The molecule has 0 aromatic heterocycles. The van der Waals surface area contributed by atoms with Gasteiger partial charge in [-0.1, -0.05) is 24.3 Å². The van der Waals surface area contributed by atoms with Crippen molar-refractivity contribution in [2.24, 2.45) is 0 Å². The van der Waals surface area contributed by atoms with Gasteiger partial charge in [-0.25, -0.2) is 0 Å². The first-order valence-corrected chi connectivity index (χ1v) is 6.94. The van der Waals surface area contributed by atoms with Gasteiger partial charge in [0.05, 0.1) is 18.5 Å². The maximum atomic E-state index is 12.4. The van der Waals surface area contributed by atoms with E-state index in [9.17, 15) is 9.90 Å². The van der Waals surface area contributed by atoms with E-state index in [1.807, 2.05) is 48.5 Å². The van der Waals surface area contributed by atoms with E-state index in [4.69, 9.17) is 4.74 Å². The van der Waals surface area contributed by atoms with Crippen LogP contribution in [-0.4, -0.2) is 18.1 Å². The summed E-state index contributed by atoms with van der Waals surface area (Å²) in [5.41, 5.74) is 1.57. The Morgan fingerprint density at radius 3 is 2.59 bits per heavy atom. The average molecular weight is 294 g/mol. The highest BCUT2D eigenvalue weighted by Gasteiger charge is 2.52. The average Bonchev–Trinajstić information content (AvgIpc) is 3.00. The summed E-state index contributed by atoms with van der Waals surface area (Å²) in [6, 6.07) is 15.0. The Balaban J connectivity index is 1.89. The van der Waals surface area contributed by atoms with E-state index in [1.165, 1.54) is 0 Å². The summed E-state index contributed by atoms with van der Waals surface area (Å²) in [5.74, 6) is 0.0748. The molecule has 0 aliphatic carbocycles. The second-order valence-electron chi connectivity index (χ2n) is 5.31. The molecule has 22 heavy (non-hydrogen) atoms. The molecule has 0 spiro atoms. The molecule has 1 atom stereocenters. The van der Waals surface area contributed by atoms with E-state index in [-0.39, 0.29) is 5.76 Å². The fourth-order valence-electron chi connectivity index (χ4n) is 3.10. The number of anilines is 2. The summed E-state index contributed by atoms with van der Waals surface area (Å²) >= 11 is 0. The van der Waals surface area contributed by atoms with E-state index < -0.39 is 11.6 Å². The Hall–Kier alpha value is -2.95. The number of carbonyl (C=O) groups is 1. The summed E-state index contributed by atoms with van der Waals surface area (Å²) in [5, 5.41) is 13.3. The minimum absolute atomic E-state index is 0.252. The van der Waals surface area contributed by atoms with Gasteiger partial charge in [-0.2, -0.15) is 0 Å². The first kappa shape index (κ1) is 12.8. The van der Waals surface area contributed by atoms with E-state index in [2.05, 4.69) is 5.32 Å². The molecule has 2 N–H and O–H groups in total. The number of benzene rings is 2. The predicted molar refractivity (Wildman–Crippen MR) is 82.9 cm³/mol. The van der Waals surface area contributed by atoms with Crippen molar-refractivity contribution in [1.29, 1.82) is 0 Å². The number of nitrogens with one attached hydrogen (secondary N) is 1. The summed E-state index contributed by atoms with van der Waals surface area (Å²) in [6.45, 7) is 0. The van der Waals surface area contributed by atoms with Crippen LogP contribution < -0.4 is 15.0 Å². The van der Waals surface area contributed by atoms with Gasteiger partial charge in [0.25, 0.3) is 5.91 Å². The molecule has 1 unspecified atom stereocenters. The maximum absolute atomic E-state index is 12.4. The molecule has 0 radical (unpaired) electrons. The van der Waals surface area contributed by atoms with Gasteiger partial charge in [0, 0.05) is 11.6 Å². The van der Waals surface area contributed by atoms with Gasteiger partial charge in [0.15, 0.2) is 11.4 Å². The summed E-state index contributed by atoms with van der Waals surface area (Å²) in [7, 11) is 1.61. The van der Waals surface area contributed by atoms with Gasteiger partial charge in [-0.15, -0.1) is 0 Å². The number of para-hydroxylation sites is 2. The lowest BCUT2D eigenvalue weighted by Crippen LogP contribution is -2.45. The van der Waals surface area contributed by atoms with Gasteiger partial charge in [-0.05, 0) is 24.3 Å². The van der Waals surface area contributed by atoms with E-state index in [0.717, 1.165) is 22.7 Å². The normalized spacial score (nSPS) is 22.0. The molecule has 0 saturated carbocycles. The van der Waals surface area contributed by atoms with Crippen LogP contribution in [0.15, 0.2) is 60.4 Å². The molecule has 2 heterocycles. The van der Waals surface area contributed by atoms with E-state index in [0.29, 0.717) is 0 Å². The Morgan fingerprint density at radius 1 is 1.14 bits per heavy atom. The number of amides is 1. The second-order valence-corrected chi connectivity index (χ2v) is 5.31. The molecule has 2 aliphatic rings. The Bertz CT molecular complexity index is 798. The summed E-state index contributed by atoms with van der Waals surface area (Å²) in [4.78, 5) is 14.0. The number of ether oxygens (including phenoxy) is 1. The lowest BCUT2D eigenvalue weighted by Gasteiger charge is -2.31. The second kappa shape index (κ2) is 4.27. The highest BCUT2D eigenvalue weighted by atomic mass is 16.5. The first-order valence-electron chi connectivity index (χ1n) is 6.94. The molecular weight excluding hydrogens is 280 g/mol. The van der Waals surface area contributed by atoms with Crippen molar-refractivity contribution in [1.82, 2.24) is 0 Å². The monoisotopic (exact) mass is 294 g/mol. The molecule has 4 rings (SSSR count). The van der Waals surface area contributed by atoms with Gasteiger partial charge in [0.1, 0.15) is 5.75 Å². The van der Waals surface area contributed by atoms with Crippen molar-refractivity contribution in [2.75, 3.05) is 17.3 Å². The van der Waals surface area contributed by atoms with Crippen molar-refractivity contribution >= 4 is 17.3 Å². The van der Waals surface area contributed by atoms with Crippen LogP contribution in [-0.2, 0) is 10.5 Å². The van der Waals surface area contributed by atoms with Crippen molar-refractivity contribution in [3.63, 3.8) is 0 Å². The van der Waals surface area contributed by atoms with Crippen LogP contribution in [0.5, 0.6) is 5.75 Å². The molecule has 0 saturated heterocycles. The smallest absolute Gasteiger partial charge is 0.295 e. The lowest BCUT2D eigenvalue weighted by molar-refractivity contribution is -0.117. The number of hydrogen-bond donors (Lipinski definition) is 2. The number of methoxy groups -OCH3 is 1. The van der Waals surface area contributed by atoms with Crippen molar-refractivity contribution in [2.45, 2.75) is 5.66 Å². The van der Waals surface area contributed by atoms with Crippen molar-refractivity contribution < 1.29 is 14.6 Å². The number of aliphatic hydroxyl groups is 1.